The fraction of sp³-hybridized carbons (Fsp3) is 0.900. The fourth-order valence-electron chi connectivity index (χ4n) is 1.54. The summed E-state index contributed by atoms with van der Waals surface area (Å²) in [4.78, 5) is 13.4. The van der Waals surface area contributed by atoms with Crippen molar-refractivity contribution < 1.29 is 14.6 Å². The lowest BCUT2D eigenvalue weighted by Gasteiger charge is -2.36. The monoisotopic (exact) mass is 201 g/mol. The van der Waals surface area contributed by atoms with Crippen LogP contribution in [0.25, 0.3) is 0 Å². The van der Waals surface area contributed by atoms with Gasteiger partial charge in [-0.2, -0.15) is 0 Å². The van der Waals surface area contributed by atoms with Gasteiger partial charge < -0.3 is 9.84 Å². The molecule has 1 rings (SSSR count). The van der Waals surface area contributed by atoms with Crippen molar-refractivity contribution in [3.05, 3.63) is 0 Å². The molecule has 2 atom stereocenters. The number of ketones is 1. The SMILES string of the molecule is CCC(=O)CN1CC(CO)OCC1C. The van der Waals surface area contributed by atoms with Crippen LogP contribution >= 0.6 is 0 Å². The first-order valence-corrected chi connectivity index (χ1v) is 5.15. The number of Topliss-reactive ketones (excluding diaryl/α,β-unsaturated/α-hetero) is 1. The molecule has 0 aromatic heterocycles. The summed E-state index contributed by atoms with van der Waals surface area (Å²) >= 11 is 0. The van der Waals surface area contributed by atoms with Crippen LogP contribution in [0.4, 0.5) is 0 Å². The Balaban J connectivity index is 2.44. The highest BCUT2D eigenvalue weighted by Crippen LogP contribution is 2.11. The van der Waals surface area contributed by atoms with Gasteiger partial charge in [0.1, 0.15) is 5.78 Å². The van der Waals surface area contributed by atoms with Crippen LogP contribution in [0.1, 0.15) is 20.3 Å². The zero-order valence-electron chi connectivity index (χ0n) is 8.90. The van der Waals surface area contributed by atoms with Gasteiger partial charge in [0.05, 0.1) is 25.9 Å². The van der Waals surface area contributed by atoms with Crippen molar-refractivity contribution in [2.75, 3.05) is 26.3 Å². The number of morpholine rings is 1. The molecule has 0 aromatic carbocycles. The van der Waals surface area contributed by atoms with E-state index in [2.05, 4.69) is 4.90 Å². The Hall–Kier alpha value is -0.450. The van der Waals surface area contributed by atoms with Gasteiger partial charge in [0, 0.05) is 19.0 Å². The van der Waals surface area contributed by atoms with Crippen molar-refractivity contribution in [3.8, 4) is 0 Å². The largest absolute Gasteiger partial charge is 0.394 e. The fourth-order valence-corrected chi connectivity index (χ4v) is 1.54. The van der Waals surface area contributed by atoms with Crippen LogP contribution in [0.3, 0.4) is 0 Å². The zero-order valence-corrected chi connectivity index (χ0v) is 8.90. The van der Waals surface area contributed by atoms with Crippen LogP contribution in [0.5, 0.6) is 0 Å². The predicted molar refractivity (Wildman–Crippen MR) is 53.2 cm³/mol. The second-order valence-electron chi connectivity index (χ2n) is 3.81. The summed E-state index contributed by atoms with van der Waals surface area (Å²) in [5.74, 6) is 0.246. The Kier molecular flexibility index (Phi) is 4.51. The van der Waals surface area contributed by atoms with Gasteiger partial charge in [0.25, 0.3) is 0 Å². The number of hydrogen-bond donors (Lipinski definition) is 1. The summed E-state index contributed by atoms with van der Waals surface area (Å²) in [5, 5.41) is 8.95. The van der Waals surface area contributed by atoms with Crippen LogP contribution < -0.4 is 0 Å². The molecule has 1 fully saturated rings. The molecule has 0 aliphatic carbocycles. The van der Waals surface area contributed by atoms with Crippen LogP contribution in [0.15, 0.2) is 0 Å². The highest BCUT2D eigenvalue weighted by atomic mass is 16.5. The van der Waals surface area contributed by atoms with Gasteiger partial charge in [-0.15, -0.1) is 0 Å². The van der Waals surface area contributed by atoms with Crippen LogP contribution in [-0.2, 0) is 9.53 Å². The standard InChI is InChI=1S/C10H19NO3/c1-3-9(13)4-11-5-10(6-12)14-7-8(11)2/h8,10,12H,3-7H2,1-2H3. The van der Waals surface area contributed by atoms with Gasteiger partial charge in [0.15, 0.2) is 0 Å². The lowest BCUT2D eigenvalue weighted by molar-refractivity contribution is -0.125. The molecule has 0 bridgehead atoms. The van der Waals surface area contributed by atoms with E-state index in [1.54, 1.807) is 0 Å². The summed E-state index contributed by atoms with van der Waals surface area (Å²) in [5.41, 5.74) is 0. The lowest BCUT2D eigenvalue weighted by Crippen LogP contribution is -2.51. The molecule has 1 N–H and O–H groups in total. The van der Waals surface area contributed by atoms with E-state index in [4.69, 9.17) is 9.84 Å². The highest BCUT2D eigenvalue weighted by molar-refractivity contribution is 5.80. The number of carbonyl (C=O) groups is 1. The maximum Gasteiger partial charge on any atom is 0.146 e. The highest BCUT2D eigenvalue weighted by Gasteiger charge is 2.26. The summed E-state index contributed by atoms with van der Waals surface area (Å²) in [6.07, 6.45) is 0.448. The molecule has 1 aliphatic heterocycles. The second kappa shape index (κ2) is 5.44. The normalized spacial score (nSPS) is 29.1. The summed E-state index contributed by atoms with van der Waals surface area (Å²) in [7, 11) is 0. The van der Waals surface area contributed by atoms with Gasteiger partial charge in [0.2, 0.25) is 0 Å². The first kappa shape index (κ1) is 11.6. The van der Waals surface area contributed by atoms with E-state index in [1.807, 2.05) is 13.8 Å². The molecule has 82 valence electrons. The number of ether oxygens (including phenoxy) is 1. The number of rotatable bonds is 4. The van der Waals surface area contributed by atoms with Gasteiger partial charge in [-0.3, -0.25) is 9.69 Å². The van der Waals surface area contributed by atoms with Crippen molar-refractivity contribution in [2.24, 2.45) is 0 Å². The molecule has 0 radical (unpaired) electrons. The summed E-state index contributed by atoms with van der Waals surface area (Å²) in [6.45, 7) is 5.68. The van der Waals surface area contributed by atoms with E-state index in [0.29, 0.717) is 26.1 Å². The average molecular weight is 201 g/mol. The van der Waals surface area contributed by atoms with Crippen molar-refractivity contribution in [2.45, 2.75) is 32.4 Å². The van der Waals surface area contributed by atoms with Gasteiger partial charge in [-0.1, -0.05) is 6.92 Å². The minimum Gasteiger partial charge on any atom is -0.394 e. The molecule has 14 heavy (non-hydrogen) atoms. The molecule has 0 saturated carbocycles. The Labute approximate surface area is 84.8 Å². The van der Waals surface area contributed by atoms with E-state index in [-0.39, 0.29) is 24.5 Å². The van der Waals surface area contributed by atoms with Gasteiger partial charge in [-0.05, 0) is 6.92 Å². The number of aliphatic hydroxyl groups is 1. The molecule has 4 nitrogen and oxygen atoms in total. The number of hydrogen-bond acceptors (Lipinski definition) is 4. The van der Waals surface area contributed by atoms with Crippen molar-refractivity contribution >= 4 is 5.78 Å². The Morgan fingerprint density at radius 3 is 2.93 bits per heavy atom. The minimum atomic E-state index is -0.129. The van der Waals surface area contributed by atoms with Crippen LogP contribution in [0, 0.1) is 0 Å². The van der Waals surface area contributed by atoms with Gasteiger partial charge in [-0.25, -0.2) is 0 Å². The molecular formula is C10H19NO3. The van der Waals surface area contributed by atoms with E-state index >= 15 is 0 Å². The Morgan fingerprint density at radius 1 is 1.64 bits per heavy atom. The molecule has 0 aromatic rings. The lowest BCUT2D eigenvalue weighted by atomic mass is 10.1. The number of aliphatic hydroxyl groups excluding tert-OH is 1. The first-order chi connectivity index (χ1) is 6.67. The molecule has 4 heteroatoms. The number of nitrogens with zero attached hydrogens (tertiary/aromatic N) is 1. The van der Waals surface area contributed by atoms with Crippen LogP contribution in [-0.4, -0.2) is 54.2 Å². The Morgan fingerprint density at radius 2 is 2.36 bits per heavy atom. The van der Waals surface area contributed by atoms with Crippen molar-refractivity contribution in [3.63, 3.8) is 0 Å². The molecule has 0 amide bonds. The third kappa shape index (κ3) is 3.04. The van der Waals surface area contributed by atoms with Crippen LogP contribution in [0.2, 0.25) is 0 Å². The van der Waals surface area contributed by atoms with Crippen molar-refractivity contribution in [1.82, 2.24) is 4.90 Å². The molecule has 2 unspecified atom stereocenters. The predicted octanol–water partition coefficient (Wildman–Crippen LogP) is 0.0471. The van der Waals surface area contributed by atoms with Crippen molar-refractivity contribution in [1.29, 1.82) is 0 Å². The average Bonchev–Trinajstić information content (AvgIpc) is 2.21. The number of carbonyl (C=O) groups excluding carboxylic acids is 1. The van der Waals surface area contributed by atoms with E-state index < -0.39 is 0 Å². The molecule has 1 heterocycles. The smallest absolute Gasteiger partial charge is 0.146 e. The molecule has 1 saturated heterocycles. The maximum absolute atomic E-state index is 11.3. The molecule has 1 aliphatic rings. The quantitative estimate of drug-likeness (QED) is 0.698. The topological polar surface area (TPSA) is 49.8 Å². The van der Waals surface area contributed by atoms with E-state index in [1.165, 1.54) is 0 Å². The van der Waals surface area contributed by atoms with Gasteiger partial charge >= 0.3 is 0 Å². The summed E-state index contributed by atoms with van der Waals surface area (Å²) in [6, 6.07) is 0.272. The third-order valence-corrected chi connectivity index (χ3v) is 2.61. The summed E-state index contributed by atoms with van der Waals surface area (Å²) < 4.78 is 5.38. The second-order valence-corrected chi connectivity index (χ2v) is 3.81. The third-order valence-electron chi connectivity index (χ3n) is 2.61. The zero-order chi connectivity index (χ0) is 10.6. The first-order valence-electron chi connectivity index (χ1n) is 5.15. The van der Waals surface area contributed by atoms with E-state index in [9.17, 15) is 4.79 Å². The molecule has 0 spiro atoms. The molecular weight excluding hydrogens is 182 g/mol. The Bertz CT molecular complexity index is 196. The minimum absolute atomic E-state index is 0.0313. The van der Waals surface area contributed by atoms with E-state index in [0.717, 1.165) is 0 Å². The maximum atomic E-state index is 11.3.